The second-order valence-corrected chi connectivity index (χ2v) is 6.03. The van der Waals surface area contributed by atoms with Crippen LogP contribution >= 0.6 is 11.3 Å². The van der Waals surface area contributed by atoms with Crippen LogP contribution in [0.2, 0.25) is 0 Å². The normalized spacial score (nSPS) is 17.8. The van der Waals surface area contributed by atoms with Crippen LogP contribution in [0.15, 0.2) is 10.9 Å². The third-order valence-corrected chi connectivity index (χ3v) is 4.45. The van der Waals surface area contributed by atoms with E-state index >= 15 is 0 Å². The lowest BCUT2D eigenvalue weighted by molar-refractivity contribution is -0.127. The molecule has 5 heteroatoms. The topological polar surface area (TPSA) is 45.2 Å². The molecule has 4 nitrogen and oxygen atoms in total. The highest BCUT2D eigenvalue weighted by Crippen LogP contribution is 2.18. The Morgan fingerprint density at radius 1 is 1.58 bits per heavy atom. The average Bonchev–Trinajstić information content (AvgIpc) is 3.03. The van der Waals surface area contributed by atoms with Gasteiger partial charge in [0.25, 0.3) is 0 Å². The summed E-state index contributed by atoms with van der Waals surface area (Å²) in [6.07, 6.45) is 5.60. The second-order valence-electron chi connectivity index (χ2n) is 5.31. The van der Waals surface area contributed by atoms with Crippen molar-refractivity contribution in [3.05, 3.63) is 16.6 Å². The Morgan fingerprint density at radius 3 is 2.89 bits per heavy atom. The van der Waals surface area contributed by atoms with Gasteiger partial charge >= 0.3 is 0 Å². The molecule has 0 aliphatic heterocycles. The molecule has 1 fully saturated rings. The molecule has 1 aliphatic carbocycles. The fourth-order valence-electron chi connectivity index (χ4n) is 2.75. The van der Waals surface area contributed by atoms with Crippen LogP contribution in [0.5, 0.6) is 0 Å². The molecular weight excluding hydrogens is 258 g/mol. The summed E-state index contributed by atoms with van der Waals surface area (Å²) >= 11 is 1.60. The SMILES string of the molecule is CC[C@H](C(=O)NC1CCCC1)N(C)Cc1cscn1. The molecule has 1 aliphatic rings. The number of rotatable bonds is 6. The molecule has 0 aromatic carbocycles. The minimum Gasteiger partial charge on any atom is -0.352 e. The third-order valence-electron chi connectivity index (χ3n) is 3.82. The van der Waals surface area contributed by atoms with Crippen molar-refractivity contribution in [3.63, 3.8) is 0 Å². The van der Waals surface area contributed by atoms with Crippen LogP contribution in [0.3, 0.4) is 0 Å². The molecule has 1 amide bonds. The lowest BCUT2D eigenvalue weighted by Crippen LogP contribution is -2.47. The summed E-state index contributed by atoms with van der Waals surface area (Å²) in [5, 5.41) is 5.23. The van der Waals surface area contributed by atoms with E-state index in [1.54, 1.807) is 11.3 Å². The van der Waals surface area contributed by atoms with Crippen molar-refractivity contribution < 1.29 is 4.79 Å². The minimum atomic E-state index is -0.0534. The average molecular weight is 281 g/mol. The van der Waals surface area contributed by atoms with Crippen LogP contribution in [-0.2, 0) is 11.3 Å². The smallest absolute Gasteiger partial charge is 0.237 e. The van der Waals surface area contributed by atoms with Crippen LogP contribution in [0, 0.1) is 0 Å². The summed E-state index contributed by atoms with van der Waals surface area (Å²) in [7, 11) is 2.00. The lowest BCUT2D eigenvalue weighted by atomic mass is 10.1. The number of aromatic nitrogens is 1. The zero-order valence-corrected chi connectivity index (χ0v) is 12.6. The van der Waals surface area contributed by atoms with E-state index in [4.69, 9.17) is 0 Å². The third kappa shape index (κ3) is 4.01. The maximum Gasteiger partial charge on any atom is 0.237 e. The molecule has 1 aromatic rings. The Kier molecular flexibility index (Phi) is 5.34. The first kappa shape index (κ1) is 14.5. The number of nitrogens with zero attached hydrogens (tertiary/aromatic N) is 2. The summed E-state index contributed by atoms with van der Waals surface area (Å²) in [5.74, 6) is 0.173. The molecule has 0 radical (unpaired) electrons. The minimum absolute atomic E-state index is 0.0534. The van der Waals surface area contributed by atoms with Gasteiger partial charge in [-0.3, -0.25) is 9.69 Å². The fourth-order valence-corrected chi connectivity index (χ4v) is 3.30. The summed E-state index contributed by atoms with van der Waals surface area (Å²) in [5.41, 5.74) is 2.88. The van der Waals surface area contributed by atoms with Gasteiger partial charge in [0.1, 0.15) is 0 Å². The lowest BCUT2D eigenvalue weighted by Gasteiger charge is -2.27. The zero-order valence-electron chi connectivity index (χ0n) is 11.8. The maximum absolute atomic E-state index is 12.3. The summed E-state index contributed by atoms with van der Waals surface area (Å²) in [6, 6.07) is 0.344. The predicted molar refractivity (Wildman–Crippen MR) is 78.1 cm³/mol. The van der Waals surface area contributed by atoms with Crippen molar-refractivity contribution in [3.8, 4) is 0 Å². The van der Waals surface area contributed by atoms with Gasteiger partial charge in [0.2, 0.25) is 5.91 Å². The molecule has 19 heavy (non-hydrogen) atoms. The number of carbonyl (C=O) groups excluding carboxylic acids is 1. The Balaban J connectivity index is 1.88. The van der Waals surface area contributed by atoms with Gasteiger partial charge in [0, 0.05) is 18.0 Å². The van der Waals surface area contributed by atoms with Crippen LogP contribution in [0.4, 0.5) is 0 Å². The molecule has 0 unspecified atom stereocenters. The second kappa shape index (κ2) is 7.01. The van der Waals surface area contributed by atoms with Crippen LogP contribution in [0.1, 0.15) is 44.7 Å². The number of hydrogen-bond acceptors (Lipinski definition) is 4. The number of nitrogens with one attached hydrogen (secondary N) is 1. The van der Waals surface area contributed by atoms with E-state index in [0.29, 0.717) is 6.04 Å². The van der Waals surface area contributed by atoms with E-state index in [1.807, 2.05) is 17.9 Å². The highest BCUT2D eigenvalue weighted by Gasteiger charge is 2.25. The number of amides is 1. The van der Waals surface area contributed by atoms with E-state index < -0.39 is 0 Å². The Hall–Kier alpha value is -0.940. The largest absolute Gasteiger partial charge is 0.352 e. The van der Waals surface area contributed by atoms with E-state index in [9.17, 15) is 4.79 Å². The van der Waals surface area contributed by atoms with Crippen molar-refractivity contribution in [2.45, 2.75) is 57.7 Å². The van der Waals surface area contributed by atoms with Crippen LogP contribution < -0.4 is 5.32 Å². The first-order valence-electron chi connectivity index (χ1n) is 7.08. The van der Waals surface area contributed by atoms with Gasteiger partial charge in [0.15, 0.2) is 0 Å². The van der Waals surface area contributed by atoms with Crippen molar-refractivity contribution in [1.82, 2.24) is 15.2 Å². The number of likely N-dealkylation sites (N-methyl/N-ethyl adjacent to an activating group) is 1. The maximum atomic E-state index is 12.3. The van der Waals surface area contributed by atoms with Gasteiger partial charge in [-0.25, -0.2) is 4.98 Å². The van der Waals surface area contributed by atoms with Gasteiger partial charge < -0.3 is 5.32 Å². The van der Waals surface area contributed by atoms with E-state index in [0.717, 1.165) is 31.5 Å². The van der Waals surface area contributed by atoms with Crippen molar-refractivity contribution in [2.24, 2.45) is 0 Å². The van der Waals surface area contributed by atoms with Gasteiger partial charge in [0.05, 0.1) is 17.2 Å². The zero-order chi connectivity index (χ0) is 13.7. The standard InChI is InChI=1S/C14H23N3OS/c1-3-13(14(18)16-11-6-4-5-7-11)17(2)8-12-9-19-10-15-12/h9-11,13H,3-8H2,1-2H3,(H,16,18)/t13-/m1/s1. The fraction of sp³-hybridized carbons (Fsp3) is 0.714. The summed E-state index contributed by atoms with van der Waals surface area (Å²) in [4.78, 5) is 18.7. The van der Waals surface area contributed by atoms with Gasteiger partial charge in [-0.15, -0.1) is 11.3 Å². The Labute approximate surface area is 119 Å². The summed E-state index contributed by atoms with van der Waals surface area (Å²) in [6.45, 7) is 2.80. The molecule has 1 saturated carbocycles. The van der Waals surface area contributed by atoms with Crippen LogP contribution in [0.25, 0.3) is 0 Å². The van der Waals surface area contributed by atoms with E-state index in [-0.39, 0.29) is 11.9 Å². The summed E-state index contributed by atoms with van der Waals surface area (Å²) < 4.78 is 0. The van der Waals surface area contributed by atoms with Crippen molar-refractivity contribution >= 4 is 17.2 Å². The van der Waals surface area contributed by atoms with Crippen LogP contribution in [-0.4, -0.2) is 34.9 Å². The molecule has 1 atom stereocenters. The number of carbonyl (C=O) groups is 1. The molecule has 106 valence electrons. The monoisotopic (exact) mass is 281 g/mol. The molecular formula is C14H23N3OS. The van der Waals surface area contributed by atoms with Gasteiger partial charge in [-0.1, -0.05) is 19.8 Å². The first-order valence-corrected chi connectivity index (χ1v) is 8.02. The molecule has 1 heterocycles. The van der Waals surface area contributed by atoms with Crippen molar-refractivity contribution in [2.75, 3.05) is 7.05 Å². The predicted octanol–water partition coefficient (Wildman–Crippen LogP) is 2.41. The molecule has 1 N–H and O–H groups in total. The van der Waals surface area contributed by atoms with Gasteiger partial charge in [-0.2, -0.15) is 0 Å². The molecule has 2 rings (SSSR count). The Bertz CT molecular complexity index is 387. The van der Waals surface area contributed by atoms with E-state index in [1.165, 1.54) is 12.8 Å². The molecule has 0 saturated heterocycles. The number of thiazole rings is 1. The molecule has 0 bridgehead atoms. The molecule has 1 aromatic heterocycles. The van der Waals surface area contributed by atoms with E-state index in [2.05, 4.69) is 22.1 Å². The first-order chi connectivity index (χ1) is 9.20. The quantitative estimate of drug-likeness (QED) is 0.871. The highest BCUT2D eigenvalue weighted by atomic mass is 32.1. The molecule has 0 spiro atoms. The number of hydrogen-bond donors (Lipinski definition) is 1. The highest BCUT2D eigenvalue weighted by molar-refractivity contribution is 7.07. The van der Waals surface area contributed by atoms with Crippen molar-refractivity contribution in [1.29, 1.82) is 0 Å². The van der Waals surface area contributed by atoms with Gasteiger partial charge in [-0.05, 0) is 26.3 Å². The Morgan fingerprint density at radius 2 is 2.32 bits per heavy atom.